The molecule has 0 saturated heterocycles. The minimum absolute atomic E-state index is 0.380. The number of nitrogens with one attached hydrogen (secondary N) is 1. The van der Waals surface area contributed by atoms with Crippen molar-refractivity contribution < 1.29 is 8.42 Å². The van der Waals surface area contributed by atoms with E-state index in [1.807, 2.05) is 14.0 Å². The van der Waals surface area contributed by atoms with Gasteiger partial charge in [0.1, 0.15) is 0 Å². The van der Waals surface area contributed by atoms with E-state index >= 15 is 0 Å². The van der Waals surface area contributed by atoms with Crippen molar-refractivity contribution >= 4 is 21.4 Å². The van der Waals surface area contributed by atoms with E-state index in [4.69, 9.17) is 0 Å². The second kappa shape index (κ2) is 7.38. The highest BCUT2D eigenvalue weighted by molar-refractivity contribution is 7.89. The highest BCUT2D eigenvalue weighted by Crippen LogP contribution is 2.23. The van der Waals surface area contributed by atoms with Gasteiger partial charge in [0.05, 0.1) is 4.90 Å². The molecule has 4 nitrogen and oxygen atoms in total. The first-order chi connectivity index (χ1) is 8.95. The monoisotopic (exact) mass is 304 g/mol. The molecule has 0 bridgehead atoms. The highest BCUT2D eigenvalue weighted by Gasteiger charge is 2.25. The van der Waals surface area contributed by atoms with E-state index in [-0.39, 0.29) is 0 Å². The first kappa shape index (κ1) is 16.6. The van der Waals surface area contributed by atoms with Crippen molar-refractivity contribution in [3.8, 4) is 0 Å². The molecule has 0 aromatic carbocycles. The molecule has 0 aliphatic rings. The van der Waals surface area contributed by atoms with Gasteiger partial charge in [-0.2, -0.15) is 4.31 Å². The molecule has 0 radical (unpaired) electrons. The molecule has 19 heavy (non-hydrogen) atoms. The Labute approximate surface area is 120 Å². The van der Waals surface area contributed by atoms with Gasteiger partial charge < -0.3 is 5.32 Å². The van der Waals surface area contributed by atoms with Crippen LogP contribution in [0.25, 0.3) is 0 Å². The van der Waals surface area contributed by atoms with Gasteiger partial charge in [-0.05, 0) is 19.0 Å². The van der Waals surface area contributed by atoms with E-state index in [0.29, 0.717) is 30.4 Å². The minimum Gasteiger partial charge on any atom is -0.315 e. The second-order valence-corrected chi connectivity index (χ2v) is 7.68. The number of hydrogen-bond acceptors (Lipinski definition) is 4. The average molecular weight is 304 g/mol. The quantitative estimate of drug-likeness (QED) is 0.803. The van der Waals surface area contributed by atoms with Crippen LogP contribution in [0.3, 0.4) is 0 Å². The summed E-state index contributed by atoms with van der Waals surface area (Å²) in [4.78, 5) is 1.47. The van der Waals surface area contributed by atoms with Gasteiger partial charge in [0.25, 0.3) is 0 Å². The van der Waals surface area contributed by atoms with Gasteiger partial charge >= 0.3 is 0 Å². The lowest BCUT2D eigenvalue weighted by molar-refractivity contribution is 0.361. The van der Waals surface area contributed by atoms with E-state index < -0.39 is 10.0 Å². The second-order valence-electron chi connectivity index (χ2n) is 4.75. The Hall–Kier alpha value is -0.430. The van der Waals surface area contributed by atoms with Gasteiger partial charge in [-0.25, -0.2) is 8.42 Å². The minimum atomic E-state index is -3.34. The van der Waals surface area contributed by atoms with E-state index in [1.165, 1.54) is 11.3 Å². The number of nitrogens with zero attached hydrogens (tertiary/aromatic N) is 1. The Morgan fingerprint density at radius 1 is 1.42 bits per heavy atom. The SMILES string of the molecule is CCC(C)CN(CC)S(=O)(=O)c1csc(CNC)c1. The zero-order chi connectivity index (χ0) is 14.5. The molecule has 1 aromatic heterocycles. The topological polar surface area (TPSA) is 49.4 Å². The molecule has 0 aliphatic carbocycles. The fourth-order valence-electron chi connectivity index (χ4n) is 1.79. The molecular formula is C13H24N2O2S2. The van der Waals surface area contributed by atoms with Crippen LogP contribution in [-0.2, 0) is 16.6 Å². The summed E-state index contributed by atoms with van der Waals surface area (Å²) in [5.74, 6) is 0.380. The Morgan fingerprint density at radius 2 is 2.11 bits per heavy atom. The Morgan fingerprint density at radius 3 is 2.63 bits per heavy atom. The van der Waals surface area contributed by atoms with Gasteiger partial charge in [-0.1, -0.05) is 27.2 Å². The molecule has 0 fully saturated rings. The van der Waals surface area contributed by atoms with Crippen molar-refractivity contribution in [2.24, 2.45) is 5.92 Å². The Balaban J connectivity index is 2.92. The van der Waals surface area contributed by atoms with Crippen LogP contribution in [0.5, 0.6) is 0 Å². The molecule has 0 amide bonds. The summed E-state index contributed by atoms with van der Waals surface area (Å²) in [5.41, 5.74) is 0. The maximum atomic E-state index is 12.5. The first-order valence-electron chi connectivity index (χ1n) is 6.67. The summed E-state index contributed by atoms with van der Waals surface area (Å²) in [6.45, 7) is 7.87. The summed E-state index contributed by atoms with van der Waals surface area (Å²) < 4.78 is 26.7. The molecular weight excluding hydrogens is 280 g/mol. The van der Waals surface area contributed by atoms with Gasteiger partial charge in [0.15, 0.2) is 0 Å². The van der Waals surface area contributed by atoms with Gasteiger partial charge in [0.2, 0.25) is 10.0 Å². The predicted octanol–water partition coefficient (Wildman–Crippen LogP) is 2.52. The molecule has 1 aromatic rings. The molecule has 1 atom stereocenters. The summed E-state index contributed by atoms with van der Waals surface area (Å²) in [5, 5.41) is 4.77. The van der Waals surface area contributed by atoms with E-state index in [1.54, 1.807) is 15.8 Å². The highest BCUT2D eigenvalue weighted by atomic mass is 32.2. The lowest BCUT2D eigenvalue weighted by Gasteiger charge is -2.22. The van der Waals surface area contributed by atoms with Crippen LogP contribution in [0.2, 0.25) is 0 Å². The summed E-state index contributed by atoms with van der Waals surface area (Å²) in [6.07, 6.45) is 0.987. The van der Waals surface area contributed by atoms with Gasteiger partial charge in [0, 0.05) is 29.9 Å². The molecule has 0 spiro atoms. The van der Waals surface area contributed by atoms with Crippen molar-refractivity contribution in [1.29, 1.82) is 0 Å². The van der Waals surface area contributed by atoms with Crippen molar-refractivity contribution in [1.82, 2.24) is 9.62 Å². The molecule has 6 heteroatoms. The summed E-state index contributed by atoms with van der Waals surface area (Å²) in [6, 6.07) is 1.77. The third kappa shape index (κ3) is 4.27. The third-order valence-corrected chi connectivity index (χ3v) is 6.19. The summed E-state index contributed by atoms with van der Waals surface area (Å²) in [7, 11) is -1.48. The Kier molecular flexibility index (Phi) is 6.46. The number of rotatable bonds is 8. The van der Waals surface area contributed by atoms with E-state index in [2.05, 4.69) is 19.2 Å². The maximum absolute atomic E-state index is 12.5. The normalized spacial score (nSPS) is 13.9. The summed E-state index contributed by atoms with van der Waals surface area (Å²) >= 11 is 1.49. The molecule has 0 saturated carbocycles. The maximum Gasteiger partial charge on any atom is 0.243 e. The number of hydrogen-bond donors (Lipinski definition) is 1. The van der Waals surface area contributed by atoms with Crippen molar-refractivity contribution in [2.75, 3.05) is 20.1 Å². The van der Waals surface area contributed by atoms with Crippen LogP contribution in [-0.4, -0.2) is 32.9 Å². The van der Waals surface area contributed by atoms with Crippen LogP contribution < -0.4 is 5.32 Å². The zero-order valence-electron chi connectivity index (χ0n) is 12.1. The number of sulfonamides is 1. The lowest BCUT2D eigenvalue weighted by atomic mass is 10.1. The lowest BCUT2D eigenvalue weighted by Crippen LogP contribution is -2.34. The van der Waals surface area contributed by atoms with Crippen LogP contribution >= 0.6 is 11.3 Å². The van der Waals surface area contributed by atoms with E-state index in [9.17, 15) is 8.42 Å². The largest absolute Gasteiger partial charge is 0.315 e. The van der Waals surface area contributed by atoms with Crippen LogP contribution in [0.1, 0.15) is 32.1 Å². The standard InChI is InChI=1S/C13H24N2O2S2/c1-5-11(3)9-15(6-2)19(16,17)13-7-12(8-14-4)18-10-13/h7,10-11,14H,5-6,8-9H2,1-4H3. The molecule has 1 unspecified atom stereocenters. The van der Waals surface area contributed by atoms with Crippen LogP contribution in [0.4, 0.5) is 0 Å². The fraction of sp³-hybridized carbons (Fsp3) is 0.692. The van der Waals surface area contributed by atoms with Crippen LogP contribution in [0, 0.1) is 5.92 Å². The van der Waals surface area contributed by atoms with Crippen molar-refractivity contribution in [3.05, 3.63) is 16.3 Å². The molecule has 110 valence electrons. The van der Waals surface area contributed by atoms with Gasteiger partial charge in [-0.3, -0.25) is 0 Å². The molecule has 0 aliphatic heterocycles. The number of thiophene rings is 1. The molecule has 1 rings (SSSR count). The smallest absolute Gasteiger partial charge is 0.243 e. The van der Waals surface area contributed by atoms with Crippen molar-refractivity contribution in [3.63, 3.8) is 0 Å². The zero-order valence-corrected chi connectivity index (χ0v) is 13.8. The van der Waals surface area contributed by atoms with Crippen molar-refractivity contribution in [2.45, 2.75) is 38.6 Å². The van der Waals surface area contributed by atoms with Crippen LogP contribution in [0.15, 0.2) is 16.3 Å². The third-order valence-electron chi connectivity index (χ3n) is 3.18. The molecule has 1 heterocycles. The predicted molar refractivity (Wildman–Crippen MR) is 81.0 cm³/mol. The van der Waals surface area contributed by atoms with E-state index in [0.717, 1.165) is 11.3 Å². The fourth-order valence-corrected chi connectivity index (χ4v) is 4.63. The Bertz CT molecular complexity index is 483. The first-order valence-corrected chi connectivity index (χ1v) is 8.99. The molecule has 1 N–H and O–H groups in total. The average Bonchev–Trinajstić information content (AvgIpc) is 2.85. The van der Waals surface area contributed by atoms with Gasteiger partial charge in [-0.15, -0.1) is 11.3 Å².